The van der Waals surface area contributed by atoms with Gasteiger partial charge in [-0.25, -0.2) is 0 Å². The van der Waals surface area contributed by atoms with Crippen molar-refractivity contribution in [1.29, 1.82) is 0 Å². The standard InChI is InChI=1S/C19H29NO4/c1-5-19(6-2,13-18(22)23)20-17(21)12-14(3)11-15-9-7-8-10-16(15)24-4/h7-10,14H,5-6,11-13H2,1-4H3,(H,20,21)(H,22,23). The van der Waals surface area contributed by atoms with Gasteiger partial charge in [-0.15, -0.1) is 0 Å². The Hall–Kier alpha value is -2.04. The Bertz CT molecular complexity index is 552. The molecule has 1 amide bonds. The quantitative estimate of drug-likeness (QED) is 0.687. The van der Waals surface area contributed by atoms with Crippen LogP contribution < -0.4 is 10.1 Å². The Morgan fingerprint density at radius 3 is 2.42 bits per heavy atom. The Morgan fingerprint density at radius 2 is 1.88 bits per heavy atom. The summed E-state index contributed by atoms with van der Waals surface area (Å²) in [6.07, 6.45) is 2.25. The molecule has 2 N–H and O–H groups in total. The number of ether oxygens (including phenoxy) is 1. The van der Waals surface area contributed by atoms with E-state index >= 15 is 0 Å². The number of carbonyl (C=O) groups excluding carboxylic acids is 1. The first-order valence-corrected chi connectivity index (χ1v) is 8.50. The fourth-order valence-corrected chi connectivity index (χ4v) is 2.99. The van der Waals surface area contributed by atoms with Crippen LogP contribution in [-0.4, -0.2) is 29.6 Å². The molecule has 1 unspecified atom stereocenters. The maximum atomic E-state index is 12.4. The van der Waals surface area contributed by atoms with Crippen LogP contribution in [0.4, 0.5) is 0 Å². The average molecular weight is 335 g/mol. The van der Waals surface area contributed by atoms with Gasteiger partial charge in [0, 0.05) is 12.0 Å². The van der Waals surface area contributed by atoms with E-state index in [0.29, 0.717) is 19.3 Å². The van der Waals surface area contributed by atoms with Gasteiger partial charge in [0.1, 0.15) is 5.75 Å². The monoisotopic (exact) mass is 335 g/mol. The Balaban J connectivity index is 2.67. The first kappa shape index (κ1) is 20.0. The van der Waals surface area contributed by atoms with Crippen molar-refractivity contribution in [2.75, 3.05) is 7.11 Å². The molecule has 1 rings (SSSR count). The normalized spacial score (nSPS) is 12.5. The molecule has 5 heteroatoms. The summed E-state index contributed by atoms with van der Waals surface area (Å²) in [5, 5.41) is 12.0. The van der Waals surface area contributed by atoms with Gasteiger partial charge < -0.3 is 15.2 Å². The van der Waals surface area contributed by atoms with Gasteiger partial charge in [0.15, 0.2) is 0 Å². The molecule has 0 saturated heterocycles. The Labute approximate surface area is 144 Å². The molecule has 24 heavy (non-hydrogen) atoms. The van der Waals surface area contributed by atoms with Gasteiger partial charge in [-0.05, 0) is 36.8 Å². The third-order valence-corrected chi connectivity index (χ3v) is 4.54. The van der Waals surface area contributed by atoms with Crippen molar-refractivity contribution in [2.45, 2.75) is 58.4 Å². The Kier molecular flexibility index (Phi) is 7.75. The van der Waals surface area contributed by atoms with Crippen molar-refractivity contribution in [1.82, 2.24) is 5.32 Å². The topological polar surface area (TPSA) is 75.6 Å². The highest BCUT2D eigenvalue weighted by Crippen LogP contribution is 2.24. The highest BCUT2D eigenvalue weighted by Gasteiger charge is 2.31. The number of hydrogen-bond donors (Lipinski definition) is 2. The summed E-state index contributed by atoms with van der Waals surface area (Å²) >= 11 is 0. The minimum absolute atomic E-state index is 0.0490. The number of carboxylic acids is 1. The third-order valence-electron chi connectivity index (χ3n) is 4.54. The van der Waals surface area contributed by atoms with Crippen molar-refractivity contribution in [2.24, 2.45) is 5.92 Å². The van der Waals surface area contributed by atoms with Gasteiger partial charge in [0.05, 0.1) is 13.5 Å². The molecule has 0 aliphatic carbocycles. The maximum Gasteiger partial charge on any atom is 0.305 e. The predicted molar refractivity (Wildman–Crippen MR) is 94.2 cm³/mol. The number of carboxylic acid groups (broad SMARTS) is 1. The van der Waals surface area contributed by atoms with Crippen molar-refractivity contribution in [3.8, 4) is 5.75 Å². The second-order valence-corrected chi connectivity index (χ2v) is 6.43. The molecule has 1 atom stereocenters. The molecule has 1 aromatic rings. The number of carbonyl (C=O) groups is 2. The van der Waals surface area contributed by atoms with Crippen LogP contribution in [0.5, 0.6) is 5.75 Å². The number of benzene rings is 1. The minimum atomic E-state index is -0.888. The van der Waals surface area contributed by atoms with Crippen LogP contribution in [0.1, 0.15) is 52.0 Å². The second-order valence-electron chi connectivity index (χ2n) is 6.43. The van der Waals surface area contributed by atoms with Gasteiger partial charge >= 0.3 is 5.97 Å². The second kappa shape index (κ2) is 9.30. The van der Waals surface area contributed by atoms with Gasteiger partial charge in [-0.1, -0.05) is 39.0 Å². The molecular weight excluding hydrogens is 306 g/mol. The summed E-state index contributed by atoms with van der Waals surface area (Å²) in [6.45, 7) is 5.83. The minimum Gasteiger partial charge on any atom is -0.496 e. The zero-order valence-electron chi connectivity index (χ0n) is 15.1. The molecule has 0 heterocycles. The summed E-state index contributed by atoms with van der Waals surface area (Å²) in [5.41, 5.74) is 0.413. The van der Waals surface area contributed by atoms with Gasteiger partial charge in [-0.2, -0.15) is 0 Å². The molecule has 1 aromatic carbocycles. The number of nitrogens with one attached hydrogen (secondary N) is 1. The molecule has 0 aliphatic heterocycles. The zero-order valence-corrected chi connectivity index (χ0v) is 15.1. The Morgan fingerprint density at radius 1 is 1.25 bits per heavy atom. The van der Waals surface area contributed by atoms with Crippen LogP contribution in [-0.2, 0) is 16.0 Å². The van der Waals surface area contributed by atoms with Crippen molar-refractivity contribution < 1.29 is 19.4 Å². The molecule has 0 spiro atoms. The summed E-state index contributed by atoms with van der Waals surface area (Å²) in [5.74, 6) is -0.0203. The average Bonchev–Trinajstić information content (AvgIpc) is 2.53. The van der Waals surface area contributed by atoms with Crippen molar-refractivity contribution in [3.05, 3.63) is 29.8 Å². The van der Waals surface area contributed by atoms with E-state index in [1.165, 1.54) is 0 Å². The molecule has 0 radical (unpaired) electrons. The molecule has 0 aromatic heterocycles. The van der Waals surface area contributed by atoms with E-state index in [0.717, 1.165) is 17.7 Å². The number of para-hydroxylation sites is 1. The molecule has 5 nitrogen and oxygen atoms in total. The first-order valence-electron chi connectivity index (χ1n) is 8.50. The van der Waals surface area contributed by atoms with Crippen LogP contribution in [0, 0.1) is 5.92 Å². The lowest BCUT2D eigenvalue weighted by molar-refractivity contribution is -0.139. The molecule has 134 valence electrons. The predicted octanol–water partition coefficient (Wildman–Crippen LogP) is 3.41. The highest BCUT2D eigenvalue weighted by atomic mass is 16.5. The van der Waals surface area contributed by atoms with E-state index < -0.39 is 11.5 Å². The van der Waals surface area contributed by atoms with Crippen LogP contribution in [0.3, 0.4) is 0 Å². The number of amides is 1. The summed E-state index contributed by atoms with van der Waals surface area (Å²) in [4.78, 5) is 23.5. The van der Waals surface area contributed by atoms with E-state index in [-0.39, 0.29) is 18.2 Å². The number of methoxy groups -OCH3 is 1. The van der Waals surface area contributed by atoms with Crippen molar-refractivity contribution >= 4 is 11.9 Å². The lowest BCUT2D eigenvalue weighted by atomic mass is 9.88. The zero-order chi connectivity index (χ0) is 18.2. The van der Waals surface area contributed by atoms with E-state index in [9.17, 15) is 9.59 Å². The molecule has 0 fully saturated rings. The lowest BCUT2D eigenvalue weighted by Crippen LogP contribution is -2.49. The number of hydrogen-bond acceptors (Lipinski definition) is 3. The van der Waals surface area contributed by atoms with E-state index in [2.05, 4.69) is 5.32 Å². The lowest BCUT2D eigenvalue weighted by Gasteiger charge is -2.32. The van der Waals surface area contributed by atoms with Gasteiger partial charge in [-0.3, -0.25) is 9.59 Å². The SMILES string of the molecule is CCC(CC)(CC(=O)O)NC(=O)CC(C)Cc1ccccc1OC. The van der Waals surface area contributed by atoms with Crippen LogP contribution in [0.25, 0.3) is 0 Å². The van der Waals surface area contributed by atoms with Crippen LogP contribution in [0.2, 0.25) is 0 Å². The van der Waals surface area contributed by atoms with Gasteiger partial charge in [0.2, 0.25) is 5.91 Å². The summed E-state index contributed by atoms with van der Waals surface area (Å²) in [6, 6.07) is 7.79. The summed E-state index contributed by atoms with van der Waals surface area (Å²) < 4.78 is 5.34. The fourth-order valence-electron chi connectivity index (χ4n) is 2.99. The van der Waals surface area contributed by atoms with Gasteiger partial charge in [0.25, 0.3) is 0 Å². The largest absolute Gasteiger partial charge is 0.496 e. The maximum absolute atomic E-state index is 12.4. The third kappa shape index (κ3) is 5.87. The fraction of sp³-hybridized carbons (Fsp3) is 0.579. The number of rotatable bonds is 10. The van der Waals surface area contributed by atoms with Crippen molar-refractivity contribution in [3.63, 3.8) is 0 Å². The summed E-state index contributed by atoms with van der Waals surface area (Å²) in [7, 11) is 1.64. The number of aliphatic carboxylic acids is 1. The smallest absolute Gasteiger partial charge is 0.305 e. The highest BCUT2D eigenvalue weighted by molar-refractivity contribution is 5.78. The van der Waals surface area contributed by atoms with Crippen LogP contribution >= 0.6 is 0 Å². The molecule has 0 saturated carbocycles. The first-order chi connectivity index (χ1) is 11.4. The van der Waals surface area contributed by atoms with E-state index in [1.807, 2.05) is 45.0 Å². The molecular formula is C19H29NO4. The molecule has 0 aliphatic rings. The van der Waals surface area contributed by atoms with Crippen LogP contribution in [0.15, 0.2) is 24.3 Å². The van der Waals surface area contributed by atoms with E-state index in [1.54, 1.807) is 7.11 Å². The van der Waals surface area contributed by atoms with E-state index in [4.69, 9.17) is 9.84 Å². The molecule has 0 bridgehead atoms.